The summed E-state index contributed by atoms with van der Waals surface area (Å²) in [5.41, 5.74) is 3.04. The summed E-state index contributed by atoms with van der Waals surface area (Å²) < 4.78 is 22.0. The second-order valence-electron chi connectivity index (χ2n) is 16.2. The number of amides is 3. The maximum absolute atomic E-state index is 13.8. The molecule has 56 heavy (non-hydrogen) atoms. The first-order valence-corrected chi connectivity index (χ1v) is 19.8. The normalized spacial score (nSPS) is 19.0. The van der Waals surface area contributed by atoms with Gasteiger partial charge in [-0.15, -0.1) is 0 Å². The smallest absolute Gasteiger partial charge is 0.413 e. The monoisotopic (exact) mass is 776 g/mol. The Hall–Kier alpha value is -5.07. The lowest BCUT2D eigenvalue weighted by molar-refractivity contribution is -0.154. The van der Waals surface area contributed by atoms with Crippen LogP contribution in [0.1, 0.15) is 117 Å². The van der Waals surface area contributed by atoms with Gasteiger partial charge in [-0.1, -0.05) is 67.8 Å². The predicted molar refractivity (Wildman–Crippen MR) is 212 cm³/mol. The van der Waals surface area contributed by atoms with E-state index in [4.69, 9.17) is 18.9 Å². The Labute approximate surface area is 331 Å². The zero-order valence-corrected chi connectivity index (χ0v) is 34.0. The van der Waals surface area contributed by atoms with Crippen molar-refractivity contribution in [2.75, 3.05) is 19.8 Å². The van der Waals surface area contributed by atoms with Crippen molar-refractivity contribution in [1.29, 1.82) is 0 Å². The van der Waals surface area contributed by atoms with Crippen LogP contribution >= 0.6 is 0 Å². The Balaban J connectivity index is 1.41. The zero-order valence-electron chi connectivity index (χ0n) is 34.0. The van der Waals surface area contributed by atoms with Crippen LogP contribution in [0.2, 0.25) is 0 Å². The standard InChI is InChI=1S/C43H60N4O9/c1-8-53-39(50)37-28(25-26-44-35(46-41(52)56-43(5,6)7)23-16-24-36(48)55-42(2,3)4)17-10-9-11-22-34(38(49)47-37)45-40(51)54-27-33-31-20-14-12-18-29(31)30-19-13-15-21-32(30)33/h12-15,18-21,23,28,33-34,37,44H,8-11,16-17,22,24-27H2,1-7H3,(H,45,51)(H,46,52)(H,47,49)/b35-23-. The van der Waals surface area contributed by atoms with Gasteiger partial charge < -0.3 is 34.9 Å². The number of ether oxygens (including phenoxy) is 4. The minimum absolute atomic E-state index is 0.100. The number of hydrogen-bond donors (Lipinski definition) is 4. The molecule has 1 heterocycles. The maximum Gasteiger partial charge on any atom is 0.413 e. The lowest BCUT2D eigenvalue weighted by Gasteiger charge is -2.30. The van der Waals surface area contributed by atoms with Crippen molar-refractivity contribution < 1.29 is 42.9 Å². The fraction of sp³-hybridized carbons (Fsp3) is 0.558. The average Bonchev–Trinajstić information content (AvgIpc) is 3.43. The van der Waals surface area contributed by atoms with Crippen molar-refractivity contribution in [3.63, 3.8) is 0 Å². The molecular formula is C43H60N4O9. The van der Waals surface area contributed by atoms with E-state index >= 15 is 0 Å². The van der Waals surface area contributed by atoms with Gasteiger partial charge in [0.1, 0.15) is 35.7 Å². The molecule has 2 aromatic carbocycles. The quantitative estimate of drug-likeness (QED) is 0.123. The van der Waals surface area contributed by atoms with E-state index in [1.165, 1.54) is 0 Å². The summed E-state index contributed by atoms with van der Waals surface area (Å²) in [6, 6.07) is 14.2. The van der Waals surface area contributed by atoms with Crippen LogP contribution in [0.15, 0.2) is 60.4 Å². The molecule has 0 saturated carbocycles. The first-order valence-electron chi connectivity index (χ1n) is 19.8. The van der Waals surface area contributed by atoms with Gasteiger partial charge in [0, 0.05) is 18.9 Å². The Bertz CT molecular complexity index is 1670. The van der Waals surface area contributed by atoms with Gasteiger partial charge in [-0.05, 0) is 108 Å². The number of esters is 2. The number of alkyl carbamates (subject to hydrolysis) is 2. The Morgan fingerprint density at radius 3 is 2.07 bits per heavy atom. The van der Waals surface area contributed by atoms with E-state index in [-0.39, 0.29) is 43.9 Å². The van der Waals surface area contributed by atoms with Crippen LogP contribution in [0.25, 0.3) is 11.1 Å². The number of carbonyl (C=O) groups excluding carboxylic acids is 5. The molecule has 1 aliphatic carbocycles. The highest BCUT2D eigenvalue weighted by atomic mass is 16.6. The molecule has 13 heteroatoms. The molecule has 2 aromatic rings. The fourth-order valence-electron chi connectivity index (χ4n) is 7.02. The van der Waals surface area contributed by atoms with Crippen LogP contribution in [-0.4, -0.2) is 73.1 Å². The van der Waals surface area contributed by atoms with Gasteiger partial charge in [0.15, 0.2) is 0 Å². The number of rotatable bonds is 13. The minimum atomic E-state index is -0.979. The molecule has 0 spiro atoms. The van der Waals surface area contributed by atoms with Crippen molar-refractivity contribution in [3.05, 3.63) is 71.6 Å². The number of benzene rings is 2. The predicted octanol–water partition coefficient (Wildman–Crippen LogP) is 6.99. The van der Waals surface area contributed by atoms with E-state index < -0.39 is 47.3 Å². The summed E-state index contributed by atoms with van der Waals surface area (Å²) >= 11 is 0. The summed E-state index contributed by atoms with van der Waals surface area (Å²) in [6.07, 6.45) is 4.38. The van der Waals surface area contributed by atoms with Crippen molar-refractivity contribution in [2.24, 2.45) is 5.92 Å². The average molecular weight is 777 g/mol. The van der Waals surface area contributed by atoms with Crippen LogP contribution in [-0.2, 0) is 33.3 Å². The second-order valence-corrected chi connectivity index (χ2v) is 16.2. The van der Waals surface area contributed by atoms with E-state index in [0.29, 0.717) is 38.0 Å². The number of carbonyl (C=O) groups is 5. The summed E-state index contributed by atoms with van der Waals surface area (Å²) in [5.74, 6) is -1.55. The first-order chi connectivity index (χ1) is 26.5. The Morgan fingerprint density at radius 2 is 1.45 bits per heavy atom. The molecule has 1 fully saturated rings. The molecule has 0 radical (unpaired) electrons. The van der Waals surface area contributed by atoms with Crippen LogP contribution in [0.5, 0.6) is 0 Å². The maximum atomic E-state index is 13.8. The van der Waals surface area contributed by atoms with Gasteiger partial charge in [-0.2, -0.15) is 0 Å². The highest BCUT2D eigenvalue weighted by Crippen LogP contribution is 2.44. The van der Waals surface area contributed by atoms with Gasteiger partial charge >= 0.3 is 24.1 Å². The molecule has 0 bridgehead atoms. The highest BCUT2D eigenvalue weighted by Gasteiger charge is 2.35. The molecule has 13 nitrogen and oxygen atoms in total. The van der Waals surface area contributed by atoms with Crippen LogP contribution in [0, 0.1) is 5.92 Å². The Kier molecular flexibility index (Phi) is 15.7. The number of fused-ring (bicyclic) bond motifs is 3. The largest absolute Gasteiger partial charge is 0.464 e. The summed E-state index contributed by atoms with van der Waals surface area (Å²) in [4.78, 5) is 65.4. The van der Waals surface area contributed by atoms with Crippen LogP contribution in [0.4, 0.5) is 9.59 Å². The molecule has 3 unspecified atom stereocenters. The molecule has 306 valence electrons. The molecule has 2 aliphatic rings. The molecule has 4 rings (SSSR count). The van der Waals surface area contributed by atoms with Crippen LogP contribution in [0.3, 0.4) is 0 Å². The third kappa shape index (κ3) is 13.6. The molecule has 1 aliphatic heterocycles. The summed E-state index contributed by atoms with van der Waals surface area (Å²) in [7, 11) is 0. The van der Waals surface area contributed by atoms with E-state index in [1.807, 2.05) is 36.4 Å². The van der Waals surface area contributed by atoms with Crippen molar-refractivity contribution in [2.45, 2.75) is 129 Å². The first kappa shape index (κ1) is 43.7. The van der Waals surface area contributed by atoms with Crippen molar-refractivity contribution >= 4 is 30.0 Å². The van der Waals surface area contributed by atoms with Gasteiger partial charge in [0.05, 0.1) is 6.61 Å². The molecular weight excluding hydrogens is 716 g/mol. The molecule has 4 N–H and O–H groups in total. The topological polar surface area (TPSA) is 170 Å². The number of allylic oxidation sites excluding steroid dienone is 1. The van der Waals surface area contributed by atoms with Gasteiger partial charge in [-0.25, -0.2) is 14.4 Å². The van der Waals surface area contributed by atoms with Crippen molar-refractivity contribution in [3.8, 4) is 11.1 Å². The molecule has 3 atom stereocenters. The van der Waals surface area contributed by atoms with E-state index in [1.54, 1.807) is 54.5 Å². The zero-order chi connectivity index (χ0) is 40.9. The van der Waals surface area contributed by atoms with Crippen molar-refractivity contribution in [1.82, 2.24) is 21.3 Å². The molecule has 3 amide bonds. The lowest BCUT2D eigenvalue weighted by atomic mass is 9.88. The summed E-state index contributed by atoms with van der Waals surface area (Å²) in [5, 5.41) is 11.6. The highest BCUT2D eigenvalue weighted by molar-refractivity contribution is 5.90. The lowest BCUT2D eigenvalue weighted by Crippen LogP contribution is -2.54. The van der Waals surface area contributed by atoms with E-state index in [0.717, 1.165) is 35.1 Å². The third-order valence-electron chi connectivity index (χ3n) is 9.41. The van der Waals surface area contributed by atoms with E-state index in [2.05, 4.69) is 33.4 Å². The van der Waals surface area contributed by atoms with Gasteiger partial charge in [-0.3, -0.25) is 14.9 Å². The molecule has 0 aromatic heterocycles. The second kappa shape index (κ2) is 20.2. The van der Waals surface area contributed by atoms with Crippen LogP contribution < -0.4 is 21.3 Å². The van der Waals surface area contributed by atoms with Gasteiger partial charge in [0.25, 0.3) is 0 Å². The van der Waals surface area contributed by atoms with Gasteiger partial charge in [0.2, 0.25) is 5.91 Å². The third-order valence-corrected chi connectivity index (χ3v) is 9.41. The summed E-state index contributed by atoms with van der Waals surface area (Å²) in [6.45, 7) is 12.9. The molecule has 1 saturated heterocycles. The Morgan fingerprint density at radius 1 is 0.821 bits per heavy atom. The number of hydrogen-bond acceptors (Lipinski definition) is 10. The minimum Gasteiger partial charge on any atom is -0.464 e. The fourth-order valence-corrected chi connectivity index (χ4v) is 7.02. The number of nitrogens with one attached hydrogen (secondary N) is 4. The van der Waals surface area contributed by atoms with E-state index in [9.17, 15) is 24.0 Å². The SMILES string of the molecule is CCOC(=O)C1NC(=O)C(NC(=O)OCC2c3ccccc3-c3ccccc32)CCCCCC1CCN/C(=C/CCC(=O)OC(C)(C)C)NC(=O)OC(C)(C)C.